The Labute approximate surface area is 103 Å². The van der Waals surface area contributed by atoms with Crippen molar-refractivity contribution < 1.29 is 4.42 Å². The van der Waals surface area contributed by atoms with E-state index in [-0.39, 0.29) is 0 Å². The SMILES string of the molecule is CC(C)CCCCCCNc1nnc(CN)o1. The summed E-state index contributed by atoms with van der Waals surface area (Å²) in [5.74, 6) is 1.30. The van der Waals surface area contributed by atoms with Gasteiger partial charge in [0.25, 0.3) is 0 Å². The molecule has 0 aliphatic carbocycles. The van der Waals surface area contributed by atoms with Crippen molar-refractivity contribution >= 4 is 6.01 Å². The molecule has 0 spiro atoms. The predicted octanol–water partition coefficient (Wildman–Crippen LogP) is 2.55. The molecule has 0 atom stereocenters. The second-order valence-corrected chi connectivity index (χ2v) is 4.73. The Balaban J connectivity index is 1.97. The molecule has 17 heavy (non-hydrogen) atoms. The van der Waals surface area contributed by atoms with Crippen LogP contribution in [-0.2, 0) is 6.54 Å². The van der Waals surface area contributed by atoms with Crippen LogP contribution in [-0.4, -0.2) is 16.7 Å². The van der Waals surface area contributed by atoms with Gasteiger partial charge in [-0.15, -0.1) is 5.10 Å². The Morgan fingerprint density at radius 3 is 2.59 bits per heavy atom. The molecule has 3 N–H and O–H groups in total. The van der Waals surface area contributed by atoms with Crippen LogP contribution in [0.5, 0.6) is 0 Å². The molecule has 1 aromatic heterocycles. The molecule has 0 aliphatic rings. The van der Waals surface area contributed by atoms with Crippen LogP contribution in [0.15, 0.2) is 4.42 Å². The molecule has 0 aliphatic heterocycles. The first-order valence-corrected chi connectivity index (χ1v) is 6.48. The standard InChI is InChI=1S/C12H24N4O/c1-10(2)7-5-3-4-6-8-14-12-16-15-11(9-13)17-12/h10H,3-9,13H2,1-2H3,(H,14,16). The van der Waals surface area contributed by atoms with Gasteiger partial charge in [-0.3, -0.25) is 0 Å². The van der Waals surface area contributed by atoms with E-state index in [4.69, 9.17) is 10.2 Å². The summed E-state index contributed by atoms with van der Waals surface area (Å²) in [6.45, 7) is 5.72. The maximum Gasteiger partial charge on any atom is 0.315 e. The lowest BCUT2D eigenvalue weighted by atomic mass is 10.0. The van der Waals surface area contributed by atoms with Gasteiger partial charge in [0, 0.05) is 6.54 Å². The fraction of sp³-hybridized carbons (Fsp3) is 0.833. The van der Waals surface area contributed by atoms with Crippen LogP contribution in [0.1, 0.15) is 51.8 Å². The summed E-state index contributed by atoms with van der Waals surface area (Å²) in [5, 5.41) is 10.7. The zero-order valence-electron chi connectivity index (χ0n) is 10.9. The monoisotopic (exact) mass is 240 g/mol. The quantitative estimate of drug-likeness (QED) is 0.649. The Bertz CT molecular complexity index is 298. The molecule has 0 unspecified atom stereocenters. The zero-order chi connectivity index (χ0) is 12.5. The third-order valence-electron chi connectivity index (χ3n) is 2.63. The second kappa shape index (κ2) is 8.06. The minimum absolute atomic E-state index is 0.296. The van der Waals surface area contributed by atoms with E-state index in [1.165, 1.54) is 25.7 Å². The van der Waals surface area contributed by atoms with E-state index < -0.39 is 0 Å². The van der Waals surface area contributed by atoms with Crippen LogP contribution in [0.2, 0.25) is 0 Å². The molecular weight excluding hydrogens is 216 g/mol. The third kappa shape index (κ3) is 6.26. The number of hydrogen-bond acceptors (Lipinski definition) is 5. The number of nitrogens with one attached hydrogen (secondary N) is 1. The Kier molecular flexibility index (Phi) is 6.62. The van der Waals surface area contributed by atoms with Crippen molar-refractivity contribution in [3.05, 3.63) is 5.89 Å². The summed E-state index contributed by atoms with van der Waals surface area (Å²) in [6.07, 6.45) is 6.35. The molecule has 0 saturated heterocycles. The fourth-order valence-corrected chi connectivity index (χ4v) is 1.63. The Hall–Kier alpha value is -1.10. The van der Waals surface area contributed by atoms with Crippen molar-refractivity contribution in [2.24, 2.45) is 11.7 Å². The first kappa shape index (κ1) is 14.0. The molecule has 1 aromatic rings. The highest BCUT2D eigenvalue weighted by molar-refractivity contribution is 5.16. The first-order valence-electron chi connectivity index (χ1n) is 6.48. The number of nitrogens with two attached hydrogens (primary N) is 1. The smallest absolute Gasteiger partial charge is 0.315 e. The summed E-state index contributed by atoms with van der Waals surface area (Å²) < 4.78 is 5.23. The molecule has 98 valence electrons. The number of unbranched alkanes of at least 4 members (excludes halogenated alkanes) is 3. The molecule has 1 rings (SSSR count). The van der Waals surface area contributed by atoms with Crippen LogP contribution >= 0.6 is 0 Å². The van der Waals surface area contributed by atoms with Crippen LogP contribution < -0.4 is 11.1 Å². The van der Waals surface area contributed by atoms with Gasteiger partial charge in [0.2, 0.25) is 5.89 Å². The van der Waals surface area contributed by atoms with E-state index in [2.05, 4.69) is 29.4 Å². The van der Waals surface area contributed by atoms with Gasteiger partial charge in [-0.25, -0.2) is 0 Å². The molecule has 0 amide bonds. The molecule has 0 fully saturated rings. The summed E-state index contributed by atoms with van der Waals surface area (Å²) >= 11 is 0. The van der Waals surface area contributed by atoms with E-state index in [0.717, 1.165) is 18.9 Å². The minimum Gasteiger partial charge on any atom is -0.407 e. The van der Waals surface area contributed by atoms with E-state index in [1.54, 1.807) is 0 Å². The molecule has 0 radical (unpaired) electrons. The van der Waals surface area contributed by atoms with Gasteiger partial charge in [-0.1, -0.05) is 44.6 Å². The minimum atomic E-state index is 0.296. The van der Waals surface area contributed by atoms with Crippen molar-refractivity contribution in [2.45, 2.75) is 52.5 Å². The van der Waals surface area contributed by atoms with Crippen LogP contribution in [0, 0.1) is 5.92 Å². The van der Waals surface area contributed by atoms with Crippen molar-refractivity contribution in [1.29, 1.82) is 0 Å². The van der Waals surface area contributed by atoms with Crippen molar-refractivity contribution in [1.82, 2.24) is 10.2 Å². The number of anilines is 1. The first-order chi connectivity index (χ1) is 8.22. The molecular formula is C12H24N4O. The van der Waals surface area contributed by atoms with Crippen molar-refractivity contribution in [3.63, 3.8) is 0 Å². The van der Waals surface area contributed by atoms with E-state index >= 15 is 0 Å². The normalized spacial score (nSPS) is 11.1. The van der Waals surface area contributed by atoms with Crippen LogP contribution in [0.25, 0.3) is 0 Å². The Morgan fingerprint density at radius 1 is 1.18 bits per heavy atom. The van der Waals surface area contributed by atoms with Gasteiger partial charge < -0.3 is 15.5 Å². The van der Waals surface area contributed by atoms with Gasteiger partial charge in [-0.2, -0.15) is 0 Å². The highest BCUT2D eigenvalue weighted by Gasteiger charge is 2.02. The highest BCUT2D eigenvalue weighted by Crippen LogP contribution is 2.10. The third-order valence-corrected chi connectivity index (χ3v) is 2.63. The van der Waals surface area contributed by atoms with Crippen molar-refractivity contribution in [3.8, 4) is 0 Å². The van der Waals surface area contributed by atoms with Crippen molar-refractivity contribution in [2.75, 3.05) is 11.9 Å². The van der Waals surface area contributed by atoms with Crippen LogP contribution in [0.3, 0.4) is 0 Å². The van der Waals surface area contributed by atoms with E-state index in [0.29, 0.717) is 18.5 Å². The molecule has 1 heterocycles. The van der Waals surface area contributed by atoms with Gasteiger partial charge in [0.15, 0.2) is 0 Å². The Morgan fingerprint density at radius 2 is 1.94 bits per heavy atom. The lowest BCUT2D eigenvalue weighted by Gasteiger charge is -2.04. The molecule has 5 heteroatoms. The number of nitrogens with zero attached hydrogens (tertiary/aromatic N) is 2. The maximum atomic E-state index is 5.37. The predicted molar refractivity (Wildman–Crippen MR) is 68.6 cm³/mol. The summed E-state index contributed by atoms with van der Waals surface area (Å²) in [7, 11) is 0. The number of rotatable bonds is 9. The van der Waals surface area contributed by atoms with Gasteiger partial charge in [-0.05, 0) is 12.3 Å². The average molecular weight is 240 g/mol. The van der Waals surface area contributed by atoms with Crippen LogP contribution in [0.4, 0.5) is 6.01 Å². The summed E-state index contributed by atoms with van der Waals surface area (Å²) in [6, 6.07) is 0.479. The molecule has 0 aromatic carbocycles. The molecule has 5 nitrogen and oxygen atoms in total. The van der Waals surface area contributed by atoms with Gasteiger partial charge >= 0.3 is 6.01 Å². The highest BCUT2D eigenvalue weighted by atomic mass is 16.4. The van der Waals surface area contributed by atoms with E-state index in [1.807, 2.05) is 0 Å². The second-order valence-electron chi connectivity index (χ2n) is 4.73. The number of hydrogen-bond donors (Lipinski definition) is 2. The summed E-state index contributed by atoms with van der Waals surface area (Å²) in [4.78, 5) is 0. The van der Waals surface area contributed by atoms with Gasteiger partial charge in [0.1, 0.15) is 0 Å². The molecule has 0 bridgehead atoms. The van der Waals surface area contributed by atoms with Gasteiger partial charge in [0.05, 0.1) is 6.54 Å². The fourth-order valence-electron chi connectivity index (χ4n) is 1.63. The number of aromatic nitrogens is 2. The average Bonchev–Trinajstić information content (AvgIpc) is 2.75. The summed E-state index contributed by atoms with van der Waals surface area (Å²) in [5.41, 5.74) is 5.37. The lowest BCUT2D eigenvalue weighted by molar-refractivity contribution is 0.503. The zero-order valence-corrected chi connectivity index (χ0v) is 10.9. The van der Waals surface area contributed by atoms with E-state index in [9.17, 15) is 0 Å². The molecule has 0 saturated carbocycles. The lowest BCUT2D eigenvalue weighted by Crippen LogP contribution is -2.01. The topological polar surface area (TPSA) is 77.0 Å². The maximum absolute atomic E-state index is 5.37. The largest absolute Gasteiger partial charge is 0.407 e.